The van der Waals surface area contributed by atoms with Crippen LogP contribution in [0.25, 0.3) is 0 Å². The highest BCUT2D eigenvalue weighted by atomic mass is 15.4. The van der Waals surface area contributed by atoms with Crippen molar-refractivity contribution >= 4 is 0 Å². The molecule has 0 saturated carbocycles. The summed E-state index contributed by atoms with van der Waals surface area (Å²) in [5, 5.41) is 0. The summed E-state index contributed by atoms with van der Waals surface area (Å²) in [5.41, 5.74) is 3.33. The van der Waals surface area contributed by atoms with Crippen LogP contribution in [0.4, 0.5) is 0 Å². The molecule has 0 bridgehead atoms. The molecule has 1 aliphatic rings. The largest absolute Gasteiger partial charge is 0.279 e. The van der Waals surface area contributed by atoms with Crippen molar-refractivity contribution in [1.82, 2.24) is 4.68 Å². The van der Waals surface area contributed by atoms with Crippen LogP contribution in [-0.2, 0) is 6.42 Å². The topological polar surface area (TPSA) is 20.8 Å². The van der Waals surface area contributed by atoms with Crippen LogP contribution in [0.1, 0.15) is 32.1 Å². The van der Waals surface area contributed by atoms with Gasteiger partial charge in [-0.3, -0.25) is 5.43 Å². The molecule has 66 valence electrons. The molecule has 0 radical (unpaired) electrons. The maximum absolute atomic E-state index is 3.33. The normalized spacial score (nSPS) is 15.9. The molecule has 1 aliphatic heterocycles. The van der Waals surface area contributed by atoms with E-state index in [1.807, 2.05) is 0 Å². The molecule has 3 nitrogen and oxygen atoms in total. The molecule has 0 aromatic carbocycles. The Morgan fingerprint density at radius 3 is 3.17 bits per heavy atom. The van der Waals surface area contributed by atoms with Crippen LogP contribution in [0, 0.1) is 0 Å². The minimum absolute atomic E-state index is 0.571. The highest BCUT2D eigenvalue weighted by Crippen LogP contribution is 2.05. The molecule has 0 spiro atoms. The van der Waals surface area contributed by atoms with Gasteiger partial charge in [0.2, 0.25) is 0 Å². The van der Waals surface area contributed by atoms with Gasteiger partial charge in [-0.25, -0.2) is 4.57 Å². The Bertz CT molecular complexity index is 275. The lowest BCUT2D eigenvalue weighted by Crippen LogP contribution is -2.42. The Labute approximate surface area is 73.0 Å². The number of nitrogens with one attached hydrogen (secondary N) is 1. The van der Waals surface area contributed by atoms with Gasteiger partial charge in [0.1, 0.15) is 6.20 Å². The predicted octanol–water partition coefficient (Wildman–Crippen LogP) is 0.846. The Morgan fingerprint density at radius 1 is 1.58 bits per heavy atom. The molecule has 0 amide bonds. The lowest BCUT2D eigenvalue weighted by atomic mass is 10.2. The van der Waals surface area contributed by atoms with Gasteiger partial charge >= 0.3 is 0 Å². The van der Waals surface area contributed by atoms with E-state index in [4.69, 9.17) is 0 Å². The molecule has 1 aromatic rings. The van der Waals surface area contributed by atoms with E-state index < -0.39 is 0 Å². The third kappa shape index (κ3) is 1.09. The molecule has 0 unspecified atom stereocenters. The third-order valence-electron chi connectivity index (χ3n) is 2.37. The molecular weight excluding hydrogens is 150 g/mol. The Kier molecular flexibility index (Phi) is 1.79. The average Bonchev–Trinajstić information content (AvgIpc) is 2.47. The fourth-order valence-corrected chi connectivity index (χ4v) is 1.74. The van der Waals surface area contributed by atoms with Gasteiger partial charge in [0.05, 0.1) is 19.0 Å². The van der Waals surface area contributed by atoms with Crippen LogP contribution < -0.4 is 9.99 Å². The SMILES string of the molecule is CC(C)[n+]1ccn2c1CCCN2. The van der Waals surface area contributed by atoms with Crippen molar-refractivity contribution < 1.29 is 4.57 Å². The van der Waals surface area contributed by atoms with Gasteiger partial charge < -0.3 is 0 Å². The smallest absolute Gasteiger partial charge is 0.256 e. The van der Waals surface area contributed by atoms with Gasteiger partial charge in [-0.05, 0) is 20.3 Å². The molecule has 0 aliphatic carbocycles. The molecule has 3 heteroatoms. The summed E-state index contributed by atoms with van der Waals surface area (Å²) < 4.78 is 4.47. The van der Waals surface area contributed by atoms with Gasteiger partial charge in [0.15, 0.2) is 6.20 Å². The van der Waals surface area contributed by atoms with Crippen LogP contribution in [0.5, 0.6) is 0 Å². The van der Waals surface area contributed by atoms with Crippen molar-refractivity contribution in [3.8, 4) is 0 Å². The van der Waals surface area contributed by atoms with E-state index >= 15 is 0 Å². The molecule has 0 atom stereocenters. The van der Waals surface area contributed by atoms with Gasteiger partial charge in [0.25, 0.3) is 5.82 Å². The molecule has 1 aromatic heterocycles. The first kappa shape index (κ1) is 7.65. The molecule has 2 rings (SSSR count). The predicted molar refractivity (Wildman–Crippen MR) is 47.6 cm³/mol. The van der Waals surface area contributed by atoms with E-state index in [-0.39, 0.29) is 0 Å². The highest BCUT2D eigenvalue weighted by Gasteiger charge is 2.21. The summed E-state index contributed by atoms with van der Waals surface area (Å²) in [5.74, 6) is 1.40. The second kappa shape index (κ2) is 2.81. The van der Waals surface area contributed by atoms with Crippen molar-refractivity contribution in [2.24, 2.45) is 0 Å². The van der Waals surface area contributed by atoms with Crippen molar-refractivity contribution in [2.45, 2.75) is 32.7 Å². The maximum Gasteiger partial charge on any atom is 0.279 e. The first-order chi connectivity index (χ1) is 5.79. The van der Waals surface area contributed by atoms with E-state index in [1.54, 1.807) is 0 Å². The number of fused-ring (bicyclic) bond motifs is 1. The van der Waals surface area contributed by atoms with Crippen LogP contribution in [0.15, 0.2) is 12.4 Å². The quantitative estimate of drug-likeness (QED) is 0.613. The zero-order chi connectivity index (χ0) is 8.55. The molecular formula is C9H16N3+. The van der Waals surface area contributed by atoms with Crippen LogP contribution in [0.3, 0.4) is 0 Å². The van der Waals surface area contributed by atoms with Gasteiger partial charge in [0, 0.05) is 0 Å². The van der Waals surface area contributed by atoms with Gasteiger partial charge in [-0.15, -0.1) is 4.68 Å². The summed E-state index contributed by atoms with van der Waals surface area (Å²) in [7, 11) is 0. The van der Waals surface area contributed by atoms with E-state index in [0.29, 0.717) is 6.04 Å². The summed E-state index contributed by atoms with van der Waals surface area (Å²) in [6, 6.07) is 0.571. The lowest BCUT2D eigenvalue weighted by Gasteiger charge is -2.12. The number of nitrogens with zero attached hydrogens (tertiary/aromatic N) is 2. The summed E-state index contributed by atoms with van der Waals surface area (Å²) >= 11 is 0. The Balaban J connectivity index is 2.38. The molecule has 1 N–H and O–H groups in total. The Hall–Kier alpha value is -0.990. The van der Waals surface area contributed by atoms with Gasteiger partial charge in [-0.1, -0.05) is 0 Å². The zero-order valence-electron chi connectivity index (χ0n) is 7.75. The van der Waals surface area contributed by atoms with E-state index in [0.717, 1.165) is 6.54 Å². The number of hydrogen-bond donors (Lipinski definition) is 1. The van der Waals surface area contributed by atoms with E-state index in [1.165, 1.54) is 18.7 Å². The Morgan fingerprint density at radius 2 is 2.42 bits per heavy atom. The number of imidazole rings is 1. The highest BCUT2D eigenvalue weighted by molar-refractivity contribution is 4.93. The van der Waals surface area contributed by atoms with Gasteiger partial charge in [-0.2, -0.15) is 0 Å². The zero-order valence-corrected chi connectivity index (χ0v) is 7.75. The first-order valence-corrected chi connectivity index (χ1v) is 4.64. The van der Waals surface area contributed by atoms with E-state index in [9.17, 15) is 0 Å². The first-order valence-electron chi connectivity index (χ1n) is 4.64. The lowest BCUT2D eigenvalue weighted by molar-refractivity contribution is -0.722. The minimum atomic E-state index is 0.571. The monoisotopic (exact) mass is 166 g/mol. The fraction of sp³-hybridized carbons (Fsp3) is 0.667. The number of hydrogen-bond acceptors (Lipinski definition) is 1. The second-order valence-electron chi connectivity index (χ2n) is 3.60. The average molecular weight is 166 g/mol. The van der Waals surface area contributed by atoms with Crippen LogP contribution in [0.2, 0.25) is 0 Å². The minimum Gasteiger partial charge on any atom is -0.256 e. The van der Waals surface area contributed by atoms with Crippen LogP contribution in [-0.4, -0.2) is 11.2 Å². The molecule has 12 heavy (non-hydrogen) atoms. The van der Waals surface area contributed by atoms with Crippen molar-refractivity contribution in [1.29, 1.82) is 0 Å². The molecule has 2 heterocycles. The maximum atomic E-state index is 3.33. The molecule has 0 fully saturated rings. The van der Waals surface area contributed by atoms with Crippen molar-refractivity contribution in [2.75, 3.05) is 12.0 Å². The van der Waals surface area contributed by atoms with Crippen molar-refractivity contribution in [3.05, 3.63) is 18.2 Å². The summed E-state index contributed by atoms with van der Waals surface area (Å²) in [4.78, 5) is 0. The summed E-state index contributed by atoms with van der Waals surface area (Å²) in [6.45, 7) is 5.53. The number of rotatable bonds is 1. The van der Waals surface area contributed by atoms with Crippen molar-refractivity contribution in [3.63, 3.8) is 0 Å². The summed E-state index contributed by atoms with van der Waals surface area (Å²) in [6.07, 6.45) is 6.70. The fourth-order valence-electron chi connectivity index (χ4n) is 1.74. The number of aromatic nitrogens is 2. The molecule has 0 saturated heterocycles. The standard InChI is InChI=1S/C9H16N3/c1-8(2)11-6-7-12-9(11)4-3-5-10-12/h6-8,10H,3-5H2,1-2H3/q+1. The third-order valence-corrected chi connectivity index (χ3v) is 2.37. The van der Waals surface area contributed by atoms with Crippen LogP contribution >= 0.6 is 0 Å². The van der Waals surface area contributed by atoms with E-state index in [2.05, 4.69) is 40.9 Å². The second-order valence-corrected chi connectivity index (χ2v) is 3.60.